The number of nitrogens with zero attached hydrogens (tertiary/aromatic N) is 1. The summed E-state index contributed by atoms with van der Waals surface area (Å²) in [5, 5.41) is 2.78. The predicted octanol–water partition coefficient (Wildman–Crippen LogP) is 2.63. The van der Waals surface area contributed by atoms with Gasteiger partial charge in [-0.2, -0.15) is 0 Å². The average molecular weight is 261 g/mol. The second-order valence-electron chi connectivity index (χ2n) is 5.56. The van der Waals surface area contributed by atoms with Gasteiger partial charge in [-0.25, -0.2) is 4.98 Å². The highest BCUT2D eigenvalue weighted by molar-refractivity contribution is 5.93. The lowest BCUT2D eigenvalue weighted by Gasteiger charge is -2.24. The van der Waals surface area contributed by atoms with Crippen LogP contribution in [0.1, 0.15) is 44.1 Å². The molecule has 19 heavy (non-hydrogen) atoms. The summed E-state index contributed by atoms with van der Waals surface area (Å²) in [6.45, 7) is 1.97. The van der Waals surface area contributed by atoms with Gasteiger partial charge in [0.1, 0.15) is 5.82 Å². The minimum absolute atomic E-state index is 0.123. The van der Waals surface area contributed by atoms with Crippen LogP contribution in [-0.4, -0.2) is 16.9 Å². The average Bonchev–Trinajstić information content (AvgIpc) is 2.42. The number of nitrogens with one attached hydrogen (secondary N) is 1. The highest BCUT2D eigenvalue weighted by Crippen LogP contribution is 2.27. The van der Waals surface area contributed by atoms with Crippen molar-refractivity contribution in [2.45, 2.75) is 51.5 Å². The number of carbonyl (C=O) groups excluding carboxylic acids is 1. The molecular weight excluding hydrogens is 238 g/mol. The summed E-state index contributed by atoms with van der Waals surface area (Å²) in [6.07, 6.45) is 8.83. The van der Waals surface area contributed by atoms with E-state index in [1.54, 1.807) is 12.3 Å². The van der Waals surface area contributed by atoms with Crippen molar-refractivity contribution in [3.05, 3.63) is 23.9 Å². The van der Waals surface area contributed by atoms with Crippen LogP contribution < -0.4 is 11.1 Å². The van der Waals surface area contributed by atoms with Gasteiger partial charge in [-0.3, -0.25) is 4.79 Å². The van der Waals surface area contributed by atoms with E-state index in [1.807, 2.05) is 13.0 Å². The van der Waals surface area contributed by atoms with E-state index < -0.39 is 6.04 Å². The number of carbonyl (C=O) groups is 1. The molecule has 1 aliphatic carbocycles. The zero-order valence-corrected chi connectivity index (χ0v) is 11.6. The van der Waals surface area contributed by atoms with Crippen LogP contribution in [0.2, 0.25) is 0 Å². The number of hydrogen-bond donors (Lipinski definition) is 2. The number of aromatic nitrogens is 1. The molecule has 1 fully saturated rings. The number of aryl methyl sites for hydroxylation is 1. The van der Waals surface area contributed by atoms with Crippen LogP contribution in [0.15, 0.2) is 18.3 Å². The van der Waals surface area contributed by atoms with Crippen molar-refractivity contribution < 1.29 is 4.79 Å². The number of hydrogen-bond acceptors (Lipinski definition) is 3. The molecule has 0 spiro atoms. The maximum absolute atomic E-state index is 12.0. The Kier molecular flexibility index (Phi) is 4.91. The van der Waals surface area contributed by atoms with Crippen LogP contribution in [-0.2, 0) is 4.79 Å². The highest BCUT2D eigenvalue weighted by Gasteiger charge is 2.21. The second kappa shape index (κ2) is 6.66. The van der Waals surface area contributed by atoms with E-state index in [2.05, 4.69) is 10.3 Å². The van der Waals surface area contributed by atoms with E-state index in [0.29, 0.717) is 11.7 Å². The molecule has 4 nitrogen and oxygen atoms in total. The highest BCUT2D eigenvalue weighted by atomic mass is 16.2. The summed E-state index contributed by atoms with van der Waals surface area (Å²) in [7, 11) is 0. The zero-order valence-electron chi connectivity index (χ0n) is 11.6. The summed E-state index contributed by atoms with van der Waals surface area (Å²) in [5.41, 5.74) is 7.06. The van der Waals surface area contributed by atoms with E-state index in [4.69, 9.17) is 5.73 Å². The molecule has 104 valence electrons. The van der Waals surface area contributed by atoms with Gasteiger partial charge in [-0.05, 0) is 30.9 Å². The Morgan fingerprint density at radius 1 is 1.42 bits per heavy atom. The minimum atomic E-state index is -0.425. The molecule has 0 saturated heterocycles. The third-order valence-electron chi connectivity index (χ3n) is 3.81. The molecule has 1 heterocycles. The number of amides is 1. The first kappa shape index (κ1) is 14.0. The SMILES string of the molecule is Cc1ccc(NC(=O)C(N)CC2CCCCC2)nc1. The molecule has 0 bridgehead atoms. The van der Waals surface area contributed by atoms with Crippen molar-refractivity contribution in [1.29, 1.82) is 0 Å². The maximum atomic E-state index is 12.0. The zero-order chi connectivity index (χ0) is 13.7. The van der Waals surface area contributed by atoms with Crippen molar-refractivity contribution >= 4 is 11.7 Å². The Hall–Kier alpha value is -1.42. The number of nitrogens with two attached hydrogens (primary N) is 1. The Morgan fingerprint density at radius 2 is 2.16 bits per heavy atom. The predicted molar refractivity (Wildman–Crippen MR) is 76.8 cm³/mol. The van der Waals surface area contributed by atoms with Gasteiger partial charge in [-0.1, -0.05) is 38.2 Å². The van der Waals surface area contributed by atoms with E-state index in [0.717, 1.165) is 12.0 Å². The molecular formula is C15H23N3O. The number of pyridine rings is 1. The topological polar surface area (TPSA) is 68.0 Å². The molecule has 0 radical (unpaired) electrons. The molecule has 1 atom stereocenters. The number of rotatable bonds is 4. The Morgan fingerprint density at radius 3 is 2.79 bits per heavy atom. The fraction of sp³-hybridized carbons (Fsp3) is 0.600. The third-order valence-corrected chi connectivity index (χ3v) is 3.81. The summed E-state index contributed by atoms with van der Waals surface area (Å²) >= 11 is 0. The van der Waals surface area contributed by atoms with Crippen LogP contribution in [0.3, 0.4) is 0 Å². The van der Waals surface area contributed by atoms with Crippen molar-refractivity contribution in [1.82, 2.24) is 4.98 Å². The van der Waals surface area contributed by atoms with Gasteiger partial charge in [0.25, 0.3) is 0 Å². The molecule has 4 heteroatoms. The lowest BCUT2D eigenvalue weighted by atomic mass is 9.85. The fourth-order valence-electron chi connectivity index (χ4n) is 2.65. The van der Waals surface area contributed by atoms with E-state index in [-0.39, 0.29) is 5.91 Å². The minimum Gasteiger partial charge on any atom is -0.320 e. The first-order valence-electron chi connectivity index (χ1n) is 7.14. The van der Waals surface area contributed by atoms with Crippen LogP contribution in [0.5, 0.6) is 0 Å². The van der Waals surface area contributed by atoms with Gasteiger partial charge in [0.15, 0.2) is 0 Å². The largest absolute Gasteiger partial charge is 0.320 e. The standard InChI is InChI=1S/C15H23N3O/c1-11-7-8-14(17-10-11)18-15(19)13(16)9-12-5-3-2-4-6-12/h7-8,10,12-13H,2-6,9,16H2,1H3,(H,17,18,19). The van der Waals surface area contributed by atoms with Crippen LogP contribution >= 0.6 is 0 Å². The molecule has 0 aliphatic heterocycles. The fourth-order valence-corrected chi connectivity index (χ4v) is 2.65. The molecule has 1 unspecified atom stereocenters. The van der Waals surface area contributed by atoms with Gasteiger partial charge in [0.2, 0.25) is 5.91 Å². The van der Waals surface area contributed by atoms with Gasteiger partial charge in [0.05, 0.1) is 6.04 Å². The Labute approximate surface area is 114 Å². The maximum Gasteiger partial charge on any atom is 0.242 e. The first-order chi connectivity index (χ1) is 9.15. The molecule has 1 aromatic heterocycles. The van der Waals surface area contributed by atoms with Gasteiger partial charge in [0, 0.05) is 6.20 Å². The molecule has 2 rings (SSSR count). The van der Waals surface area contributed by atoms with E-state index in [9.17, 15) is 4.79 Å². The summed E-state index contributed by atoms with van der Waals surface area (Å²) < 4.78 is 0. The third kappa shape index (κ3) is 4.31. The molecule has 1 saturated carbocycles. The molecule has 1 amide bonds. The monoisotopic (exact) mass is 261 g/mol. The van der Waals surface area contributed by atoms with Gasteiger partial charge in [-0.15, -0.1) is 0 Å². The first-order valence-corrected chi connectivity index (χ1v) is 7.14. The Balaban J connectivity index is 1.83. The molecule has 0 aromatic carbocycles. The van der Waals surface area contributed by atoms with Crippen LogP contribution in [0, 0.1) is 12.8 Å². The lowest BCUT2D eigenvalue weighted by Crippen LogP contribution is -2.37. The van der Waals surface area contributed by atoms with E-state index in [1.165, 1.54) is 32.1 Å². The van der Waals surface area contributed by atoms with Crippen molar-refractivity contribution in [3.8, 4) is 0 Å². The molecule has 1 aliphatic rings. The normalized spacial score (nSPS) is 18.0. The number of anilines is 1. The van der Waals surface area contributed by atoms with E-state index >= 15 is 0 Å². The van der Waals surface area contributed by atoms with Gasteiger partial charge < -0.3 is 11.1 Å². The van der Waals surface area contributed by atoms with Crippen LogP contribution in [0.4, 0.5) is 5.82 Å². The summed E-state index contributed by atoms with van der Waals surface area (Å²) in [4.78, 5) is 16.2. The second-order valence-corrected chi connectivity index (χ2v) is 5.56. The lowest BCUT2D eigenvalue weighted by molar-refractivity contribution is -0.117. The van der Waals surface area contributed by atoms with Crippen molar-refractivity contribution in [3.63, 3.8) is 0 Å². The molecule has 3 N–H and O–H groups in total. The quantitative estimate of drug-likeness (QED) is 0.875. The van der Waals surface area contributed by atoms with Crippen LogP contribution in [0.25, 0.3) is 0 Å². The smallest absolute Gasteiger partial charge is 0.242 e. The summed E-state index contributed by atoms with van der Waals surface area (Å²) in [5.74, 6) is 1.07. The summed E-state index contributed by atoms with van der Waals surface area (Å²) in [6, 6.07) is 3.31. The van der Waals surface area contributed by atoms with Crippen molar-refractivity contribution in [2.75, 3.05) is 5.32 Å². The van der Waals surface area contributed by atoms with Gasteiger partial charge >= 0.3 is 0 Å². The molecule has 1 aromatic rings. The van der Waals surface area contributed by atoms with Crippen molar-refractivity contribution in [2.24, 2.45) is 11.7 Å². The Bertz CT molecular complexity index is 410.